The number of halogens is 1. The van der Waals surface area contributed by atoms with E-state index in [2.05, 4.69) is 28.9 Å². The first kappa shape index (κ1) is 22.6. The van der Waals surface area contributed by atoms with Crippen molar-refractivity contribution in [3.8, 4) is 10.6 Å². The van der Waals surface area contributed by atoms with Gasteiger partial charge in [0.1, 0.15) is 16.9 Å². The molecule has 3 aromatic rings. The maximum Gasteiger partial charge on any atom is 0.343 e. The van der Waals surface area contributed by atoms with E-state index in [-0.39, 0.29) is 40.7 Å². The van der Waals surface area contributed by atoms with E-state index in [1.165, 1.54) is 23.6 Å². The zero-order chi connectivity index (χ0) is 24.2. The normalized spacial score (nSPS) is 18.9. The molecule has 0 spiro atoms. The molecule has 0 aliphatic heterocycles. The van der Waals surface area contributed by atoms with Gasteiger partial charge in [-0.1, -0.05) is 19.0 Å². The van der Waals surface area contributed by atoms with Crippen molar-refractivity contribution in [1.29, 1.82) is 0 Å². The molecular weight excluding hydrogens is 457 g/mol. The van der Waals surface area contributed by atoms with Crippen molar-refractivity contribution in [2.24, 2.45) is 10.5 Å². The van der Waals surface area contributed by atoms with Crippen molar-refractivity contribution in [2.45, 2.75) is 58.5 Å². The number of ether oxygens (including phenoxy) is 1. The fourth-order valence-electron chi connectivity index (χ4n) is 4.60. The summed E-state index contributed by atoms with van der Waals surface area (Å²) in [5, 5.41) is 4.11. The molecule has 0 radical (unpaired) electrons. The summed E-state index contributed by atoms with van der Waals surface area (Å²) in [5.41, 5.74) is 9.75. The molecule has 3 heterocycles. The molecule has 10 heteroatoms. The number of hydrogen-bond donors (Lipinski definition) is 0. The number of aromatic nitrogens is 2. The van der Waals surface area contributed by atoms with E-state index in [0.29, 0.717) is 10.5 Å². The Balaban J connectivity index is 1.68. The molecule has 3 aromatic heterocycles. The molecule has 5 rings (SSSR count). The van der Waals surface area contributed by atoms with Crippen molar-refractivity contribution in [2.75, 3.05) is 6.61 Å². The van der Waals surface area contributed by atoms with E-state index in [9.17, 15) is 9.59 Å². The number of esters is 1. The van der Waals surface area contributed by atoms with Gasteiger partial charge in [0, 0.05) is 22.0 Å². The predicted octanol–water partition coefficient (Wildman–Crippen LogP) is 6.10. The Morgan fingerprint density at radius 3 is 2.85 bits per heavy atom. The molecule has 1 saturated carbocycles. The molecule has 2 aliphatic carbocycles. The lowest BCUT2D eigenvalue weighted by molar-refractivity contribution is 0.0524. The molecule has 1 fully saturated rings. The number of pyridine rings is 2. The number of carbonyl (C=O) groups is 1. The number of rotatable bonds is 5. The third-order valence-corrected chi connectivity index (χ3v) is 7.90. The van der Waals surface area contributed by atoms with Crippen molar-refractivity contribution in [3.63, 3.8) is 0 Å². The molecule has 1 atom stereocenters. The molecular formula is C24H24FN5O3S. The van der Waals surface area contributed by atoms with Crippen molar-refractivity contribution >= 4 is 28.3 Å². The number of hydrogen-bond acceptors (Lipinski definition) is 6. The highest BCUT2D eigenvalue weighted by atomic mass is 32.1. The highest BCUT2D eigenvalue weighted by molar-refractivity contribution is 7.15. The summed E-state index contributed by atoms with van der Waals surface area (Å²) in [7, 11) is 0. The van der Waals surface area contributed by atoms with E-state index in [1.54, 1.807) is 11.5 Å². The van der Waals surface area contributed by atoms with E-state index >= 15 is 4.39 Å². The minimum atomic E-state index is -0.717. The number of azide groups is 1. The largest absolute Gasteiger partial charge is 0.462 e. The maximum atomic E-state index is 15.4. The molecule has 0 bridgehead atoms. The zero-order valence-electron chi connectivity index (χ0n) is 19.2. The summed E-state index contributed by atoms with van der Waals surface area (Å²) in [6, 6.07) is 2.86. The number of thiophene rings is 1. The Morgan fingerprint density at radius 2 is 2.18 bits per heavy atom. The van der Waals surface area contributed by atoms with Crippen molar-refractivity contribution < 1.29 is 13.9 Å². The van der Waals surface area contributed by atoms with Crippen LogP contribution in [-0.4, -0.2) is 22.1 Å². The predicted molar refractivity (Wildman–Crippen MR) is 127 cm³/mol. The Hall–Kier alpha value is -3.23. The number of fused-ring (bicyclic) bond motifs is 2. The van der Waals surface area contributed by atoms with Crippen LogP contribution in [0.1, 0.15) is 72.9 Å². The topological polar surface area (TPSA) is 110 Å². The van der Waals surface area contributed by atoms with Gasteiger partial charge in [-0.15, -0.1) is 11.3 Å². The van der Waals surface area contributed by atoms with E-state index in [1.807, 2.05) is 6.07 Å². The SMILES string of the molecule is CCOC(=O)c1cn(C2CC2)c2nc(-c3cc4c(s3)C(N=[N+]=[N-])C(C)(C)CC4)c(F)cc2c1=O. The lowest BCUT2D eigenvalue weighted by Gasteiger charge is -2.35. The van der Waals surface area contributed by atoms with Gasteiger partial charge >= 0.3 is 5.97 Å². The minimum absolute atomic E-state index is 0.0631. The van der Waals surface area contributed by atoms with Crippen LogP contribution in [0.4, 0.5) is 4.39 Å². The lowest BCUT2D eigenvalue weighted by atomic mass is 9.74. The first-order valence-electron chi connectivity index (χ1n) is 11.3. The smallest absolute Gasteiger partial charge is 0.343 e. The van der Waals surface area contributed by atoms with Gasteiger partial charge in [0.05, 0.1) is 22.9 Å². The van der Waals surface area contributed by atoms with Gasteiger partial charge in [-0.3, -0.25) is 4.79 Å². The Kier molecular flexibility index (Phi) is 5.45. The molecule has 0 saturated heterocycles. The van der Waals surface area contributed by atoms with Crippen LogP contribution in [0.3, 0.4) is 0 Å². The highest BCUT2D eigenvalue weighted by Gasteiger charge is 2.37. The van der Waals surface area contributed by atoms with Crippen molar-refractivity contribution in [1.82, 2.24) is 9.55 Å². The highest BCUT2D eigenvalue weighted by Crippen LogP contribution is 2.50. The fourth-order valence-corrected chi connectivity index (χ4v) is 6.05. The molecule has 0 aromatic carbocycles. The Bertz CT molecular complexity index is 1430. The van der Waals surface area contributed by atoms with Crippen LogP contribution in [0.15, 0.2) is 28.2 Å². The van der Waals surface area contributed by atoms with Crippen molar-refractivity contribution in [3.05, 3.63) is 60.8 Å². The Morgan fingerprint density at radius 1 is 1.41 bits per heavy atom. The van der Waals surface area contributed by atoms with E-state index in [0.717, 1.165) is 36.1 Å². The third kappa shape index (κ3) is 3.67. The molecule has 2 aliphatic rings. The zero-order valence-corrected chi connectivity index (χ0v) is 20.0. The van der Waals surface area contributed by atoms with Gasteiger partial charge in [0.2, 0.25) is 5.43 Å². The van der Waals surface area contributed by atoms with Gasteiger partial charge in [0.25, 0.3) is 0 Å². The summed E-state index contributed by atoms with van der Waals surface area (Å²) >= 11 is 1.38. The molecule has 34 heavy (non-hydrogen) atoms. The van der Waals surface area contributed by atoms with Crippen LogP contribution in [0.2, 0.25) is 0 Å². The monoisotopic (exact) mass is 481 g/mol. The lowest BCUT2D eigenvalue weighted by Crippen LogP contribution is -2.25. The first-order valence-corrected chi connectivity index (χ1v) is 12.2. The quantitative estimate of drug-likeness (QED) is 0.190. The van der Waals surface area contributed by atoms with Crippen LogP contribution in [-0.2, 0) is 11.2 Å². The second-order valence-corrected chi connectivity index (χ2v) is 10.6. The summed E-state index contributed by atoms with van der Waals surface area (Å²) < 4.78 is 22.2. The van der Waals surface area contributed by atoms with Crippen LogP contribution in [0.5, 0.6) is 0 Å². The maximum absolute atomic E-state index is 15.4. The van der Waals surface area contributed by atoms with Crippen LogP contribution >= 0.6 is 11.3 Å². The van der Waals surface area contributed by atoms with Gasteiger partial charge in [-0.2, -0.15) is 0 Å². The number of nitrogens with zero attached hydrogens (tertiary/aromatic N) is 5. The van der Waals surface area contributed by atoms with Crippen LogP contribution in [0, 0.1) is 11.2 Å². The molecule has 176 valence electrons. The van der Waals surface area contributed by atoms with E-state index in [4.69, 9.17) is 10.3 Å². The average molecular weight is 482 g/mol. The third-order valence-electron chi connectivity index (χ3n) is 6.66. The number of aryl methyl sites for hydroxylation is 1. The standard InChI is InChI=1S/C24H24FN5O3S/c1-4-33-23(32)15-11-30(13-5-6-13)22-14(19(15)31)10-16(25)18(27-22)17-9-12-7-8-24(2,3)21(28-29-26)20(12)34-17/h9-11,13,21H,4-8H2,1-3H3. The minimum Gasteiger partial charge on any atom is -0.462 e. The molecule has 0 N–H and O–H groups in total. The Labute approximate surface area is 199 Å². The fraction of sp³-hybridized carbons (Fsp3) is 0.458. The van der Waals surface area contributed by atoms with Gasteiger partial charge in [0.15, 0.2) is 5.82 Å². The molecule has 8 nitrogen and oxygen atoms in total. The average Bonchev–Trinajstić information content (AvgIpc) is 3.55. The number of carbonyl (C=O) groups excluding carboxylic acids is 1. The van der Waals surface area contributed by atoms with Gasteiger partial charge < -0.3 is 9.30 Å². The van der Waals surface area contributed by atoms with Gasteiger partial charge in [-0.25, -0.2) is 14.2 Å². The summed E-state index contributed by atoms with van der Waals surface area (Å²) in [6.07, 6.45) is 4.94. The van der Waals surface area contributed by atoms with Gasteiger partial charge in [-0.05, 0) is 61.2 Å². The van der Waals surface area contributed by atoms with Crippen LogP contribution in [0.25, 0.3) is 32.0 Å². The summed E-state index contributed by atoms with van der Waals surface area (Å²) in [5.74, 6) is -1.35. The summed E-state index contributed by atoms with van der Waals surface area (Å²) in [6.45, 7) is 5.94. The molecule has 1 unspecified atom stereocenters. The molecule has 0 amide bonds. The second-order valence-electron chi connectivity index (χ2n) is 9.52. The first-order chi connectivity index (χ1) is 16.2. The second kappa shape index (κ2) is 8.21. The summed E-state index contributed by atoms with van der Waals surface area (Å²) in [4.78, 5) is 34.6. The van der Waals surface area contributed by atoms with Crippen LogP contribution < -0.4 is 5.43 Å². The van der Waals surface area contributed by atoms with E-state index < -0.39 is 17.2 Å².